The molecule has 1 fully saturated rings. The van der Waals surface area contributed by atoms with Crippen LogP contribution in [0.5, 0.6) is 0 Å². The van der Waals surface area contributed by atoms with Crippen LogP contribution < -0.4 is 5.32 Å². The van der Waals surface area contributed by atoms with Crippen molar-refractivity contribution in [1.29, 1.82) is 0 Å². The van der Waals surface area contributed by atoms with Gasteiger partial charge in [0.05, 0.1) is 10.9 Å². The van der Waals surface area contributed by atoms with Gasteiger partial charge in [-0.05, 0) is 37.3 Å². The van der Waals surface area contributed by atoms with Crippen molar-refractivity contribution in [1.82, 2.24) is 9.21 Å². The fourth-order valence-corrected chi connectivity index (χ4v) is 4.77. The quantitative estimate of drug-likeness (QED) is 0.827. The number of para-hydroxylation sites is 1. The minimum Gasteiger partial charge on any atom is -0.325 e. The van der Waals surface area contributed by atoms with Gasteiger partial charge in [-0.3, -0.25) is 9.69 Å². The highest BCUT2D eigenvalue weighted by molar-refractivity contribution is 7.89. The van der Waals surface area contributed by atoms with Crippen molar-refractivity contribution in [3.05, 3.63) is 59.6 Å². The van der Waals surface area contributed by atoms with Crippen molar-refractivity contribution < 1.29 is 13.2 Å². The summed E-state index contributed by atoms with van der Waals surface area (Å²) in [6.07, 6.45) is 0. The third kappa shape index (κ3) is 4.68. The van der Waals surface area contributed by atoms with Gasteiger partial charge in [0.2, 0.25) is 15.9 Å². The van der Waals surface area contributed by atoms with Crippen molar-refractivity contribution in [3.63, 3.8) is 0 Å². The largest absolute Gasteiger partial charge is 0.325 e. The lowest BCUT2D eigenvalue weighted by Crippen LogP contribution is -2.53. The summed E-state index contributed by atoms with van der Waals surface area (Å²) < 4.78 is 27.0. The van der Waals surface area contributed by atoms with E-state index in [2.05, 4.69) is 5.32 Å². The Morgan fingerprint density at radius 3 is 2.33 bits per heavy atom. The summed E-state index contributed by atoms with van der Waals surface area (Å²) >= 11 is 5.92. The zero-order valence-electron chi connectivity index (χ0n) is 15.0. The number of nitrogens with zero attached hydrogens (tertiary/aromatic N) is 2. The predicted octanol–water partition coefficient (Wildman–Crippen LogP) is 2.67. The van der Waals surface area contributed by atoms with Crippen molar-refractivity contribution in [3.8, 4) is 0 Å². The molecule has 1 aliphatic rings. The first-order valence-corrected chi connectivity index (χ1v) is 10.6. The van der Waals surface area contributed by atoms with Gasteiger partial charge in [0.1, 0.15) is 0 Å². The first kappa shape index (κ1) is 19.8. The van der Waals surface area contributed by atoms with E-state index in [0.29, 0.717) is 31.2 Å². The third-order valence-electron chi connectivity index (χ3n) is 4.68. The molecule has 6 nitrogen and oxygen atoms in total. The van der Waals surface area contributed by atoms with Gasteiger partial charge in [0, 0.05) is 36.9 Å². The van der Waals surface area contributed by atoms with Crippen LogP contribution in [0.4, 0.5) is 5.69 Å². The van der Waals surface area contributed by atoms with Crippen LogP contribution in [-0.4, -0.2) is 55.8 Å². The number of hydrogen-bond donors (Lipinski definition) is 1. The van der Waals surface area contributed by atoms with Crippen LogP contribution in [0.1, 0.15) is 6.92 Å². The SMILES string of the molecule is C[C@H](C(=O)Nc1ccccc1)N1CCN(S(=O)(=O)c2cccc(Cl)c2)CC1. The van der Waals surface area contributed by atoms with Gasteiger partial charge >= 0.3 is 0 Å². The van der Waals surface area contributed by atoms with Crippen LogP contribution in [0.15, 0.2) is 59.5 Å². The summed E-state index contributed by atoms with van der Waals surface area (Å²) in [5.41, 5.74) is 0.747. The average Bonchev–Trinajstić information content (AvgIpc) is 2.68. The number of anilines is 1. The third-order valence-corrected chi connectivity index (χ3v) is 6.81. The molecule has 1 saturated heterocycles. The number of hydrogen-bond acceptors (Lipinski definition) is 4. The normalized spacial score (nSPS) is 17.4. The van der Waals surface area contributed by atoms with E-state index in [1.807, 2.05) is 42.2 Å². The molecule has 1 N–H and O–H groups in total. The number of amides is 1. The van der Waals surface area contributed by atoms with E-state index >= 15 is 0 Å². The van der Waals surface area contributed by atoms with E-state index in [1.54, 1.807) is 18.2 Å². The monoisotopic (exact) mass is 407 g/mol. The second kappa shape index (κ2) is 8.39. The van der Waals surface area contributed by atoms with Crippen molar-refractivity contribution in [2.45, 2.75) is 17.9 Å². The van der Waals surface area contributed by atoms with Gasteiger partial charge in [-0.15, -0.1) is 0 Å². The molecule has 1 atom stereocenters. The highest BCUT2D eigenvalue weighted by Crippen LogP contribution is 2.21. The summed E-state index contributed by atoms with van der Waals surface area (Å²) in [4.78, 5) is 14.6. The number of nitrogens with one attached hydrogen (secondary N) is 1. The summed E-state index contributed by atoms with van der Waals surface area (Å²) in [5, 5.41) is 3.28. The van der Waals surface area contributed by atoms with Crippen molar-refractivity contribution in [2.75, 3.05) is 31.5 Å². The van der Waals surface area contributed by atoms with Crippen LogP contribution >= 0.6 is 11.6 Å². The van der Waals surface area contributed by atoms with E-state index < -0.39 is 10.0 Å². The lowest BCUT2D eigenvalue weighted by molar-refractivity contribution is -0.121. The van der Waals surface area contributed by atoms with Crippen LogP contribution in [0, 0.1) is 0 Å². The minimum absolute atomic E-state index is 0.104. The standard InChI is InChI=1S/C19H22ClN3O3S/c1-15(19(24)21-17-7-3-2-4-8-17)22-10-12-23(13-11-22)27(25,26)18-9-5-6-16(20)14-18/h2-9,14-15H,10-13H2,1H3,(H,21,24)/t15-/m1/s1. The molecule has 27 heavy (non-hydrogen) atoms. The Labute approximate surface area is 164 Å². The molecule has 0 spiro atoms. The molecule has 0 unspecified atom stereocenters. The molecule has 0 aromatic heterocycles. The molecule has 0 radical (unpaired) electrons. The maximum absolute atomic E-state index is 12.8. The van der Waals surface area contributed by atoms with Gasteiger partial charge in [0.15, 0.2) is 0 Å². The Hall–Kier alpha value is -1.93. The van der Waals surface area contributed by atoms with Crippen LogP contribution in [-0.2, 0) is 14.8 Å². The lowest BCUT2D eigenvalue weighted by atomic mass is 10.2. The average molecular weight is 408 g/mol. The number of halogens is 1. The fourth-order valence-electron chi connectivity index (χ4n) is 3.04. The number of rotatable bonds is 5. The Morgan fingerprint density at radius 1 is 1.04 bits per heavy atom. The first-order chi connectivity index (χ1) is 12.9. The molecule has 144 valence electrons. The number of carbonyl (C=O) groups is 1. The summed E-state index contributed by atoms with van der Waals surface area (Å²) in [6, 6.07) is 15.2. The molecule has 2 aromatic carbocycles. The molecular formula is C19H22ClN3O3S. The lowest BCUT2D eigenvalue weighted by Gasteiger charge is -2.36. The van der Waals surface area contributed by atoms with Gasteiger partial charge in [-0.1, -0.05) is 35.9 Å². The topological polar surface area (TPSA) is 69.7 Å². The second-order valence-corrected chi connectivity index (χ2v) is 8.80. The second-order valence-electron chi connectivity index (χ2n) is 6.43. The zero-order chi connectivity index (χ0) is 19.4. The van der Waals surface area contributed by atoms with E-state index in [4.69, 9.17) is 11.6 Å². The Kier molecular flexibility index (Phi) is 6.16. The van der Waals surface area contributed by atoms with Crippen LogP contribution in [0.3, 0.4) is 0 Å². The Bertz CT molecular complexity index is 897. The van der Waals surface area contributed by atoms with E-state index in [0.717, 1.165) is 5.69 Å². The number of piperazine rings is 1. The molecule has 0 aliphatic carbocycles. The molecule has 1 amide bonds. The molecule has 0 saturated carbocycles. The van der Waals surface area contributed by atoms with Crippen LogP contribution in [0.25, 0.3) is 0 Å². The number of benzene rings is 2. The number of carbonyl (C=O) groups excluding carboxylic acids is 1. The zero-order valence-corrected chi connectivity index (χ0v) is 16.6. The van der Waals surface area contributed by atoms with Crippen LogP contribution in [0.2, 0.25) is 5.02 Å². The Morgan fingerprint density at radius 2 is 1.70 bits per heavy atom. The van der Waals surface area contributed by atoms with Crippen molar-refractivity contribution >= 4 is 33.2 Å². The maximum Gasteiger partial charge on any atom is 0.243 e. The molecule has 0 bridgehead atoms. The van der Waals surface area contributed by atoms with E-state index in [-0.39, 0.29) is 16.8 Å². The molecule has 8 heteroatoms. The summed E-state index contributed by atoms with van der Waals surface area (Å²) in [6.45, 7) is 3.47. The van der Waals surface area contributed by atoms with E-state index in [9.17, 15) is 13.2 Å². The number of sulfonamides is 1. The van der Waals surface area contributed by atoms with Gasteiger partial charge in [-0.2, -0.15) is 4.31 Å². The summed E-state index contributed by atoms with van der Waals surface area (Å²) in [7, 11) is -3.58. The van der Waals surface area contributed by atoms with Crippen molar-refractivity contribution in [2.24, 2.45) is 0 Å². The van der Waals surface area contributed by atoms with Gasteiger partial charge < -0.3 is 5.32 Å². The first-order valence-electron chi connectivity index (χ1n) is 8.73. The summed E-state index contributed by atoms with van der Waals surface area (Å²) in [5.74, 6) is -0.104. The maximum atomic E-state index is 12.8. The molecule has 1 aliphatic heterocycles. The van der Waals surface area contributed by atoms with Gasteiger partial charge in [-0.25, -0.2) is 8.42 Å². The highest BCUT2D eigenvalue weighted by Gasteiger charge is 2.31. The molecule has 1 heterocycles. The molecular weight excluding hydrogens is 386 g/mol. The Balaban J connectivity index is 1.60. The smallest absolute Gasteiger partial charge is 0.243 e. The van der Waals surface area contributed by atoms with E-state index in [1.165, 1.54) is 10.4 Å². The molecule has 3 rings (SSSR count). The minimum atomic E-state index is -3.58. The predicted molar refractivity (Wildman–Crippen MR) is 106 cm³/mol. The fraction of sp³-hybridized carbons (Fsp3) is 0.316. The highest BCUT2D eigenvalue weighted by atomic mass is 35.5. The molecule has 2 aromatic rings. The van der Waals surface area contributed by atoms with Gasteiger partial charge in [0.25, 0.3) is 0 Å².